The fourth-order valence-electron chi connectivity index (χ4n) is 2.39. The van der Waals surface area contributed by atoms with Gasteiger partial charge >= 0.3 is 0 Å². The van der Waals surface area contributed by atoms with Crippen molar-refractivity contribution in [2.75, 3.05) is 0 Å². The van der Waals surface area contributed by atoms with E-state index in [0.29, 0.717) is 5.92 Å². The van der Waals surface area contributed by atoms with Gasteiger partial charge in [-0.1, -0.05) is 13.0 Å². The Morgan fingerprint density at radius 3 is 3.07 bits per heavy atom. The van der Waals surface area contributed by atoms with Gasteiger partial charge in [-0.15, -0.1) is 11.3 Å². The Kier molecular flexibility index (Phi) is 3.24. The van der Waals surface area contributed by atoms with Crippen LogP contribution in [0, 0.1) is 11.8 Å². The topological polar surface area (TPSA) is 20.2 Å². The third-order valence-electron chi connectivity index (χ3n) is 3.25. The summed E-state index contributed by atoms with van der Waals surface area (Å²) in [6.07, 6.45) is 4.40. The van der Waals surface area contributed by atoms with E-state index in [1.807, 2.05) is 11.3 Å². The number of aliphatic hydroxyl groups is 1. The van der Waals surface area contributed by atoms with E-state index in [2.05, 4.69) is 24.4 Å². The van der Waals surface area contributed by atoms with Crippen LogP contribution in [0.5, 0.6) is 0 Å². The maximum absolute atomic E-state index is 9.89. The normalized spacial score (nSPS) is 33.1. The minimum Gasteiger partial charge on any atom is -0.393 e. The molecule has 1 saturated carbocycles. The van der Waals surface area contributed by atoms with Crippen LogP contribution >= 0.6 is 11.3 Å². The molecule has 1 fully saturated rings. The predicted octanol–water partition coefficient (Wildman–Crippen LogP) is 3.09. The van der Waals surface area contributed by atoms with Gasteiger partial charge in [-0.3, -0.25) is 0 Å². The first kappa shape index (κ1) is 10.2. The first-order valence-electron chi connectivity index (χ1n) is 5.46. The third kappa shape index (κ3) is 2.37. The van der Waals surface area contributed by atoms with Crippen molar-refractivity contribution >= 4 is 11.3 Å². The Balaban J connectivity index is 1.95. The predicted molar refractivity (Wildman–Crippen MR) is 60.5 cm³/mol. The molecule has 1 nitrogen and oxygen atoms in total. The quantitative estimate of drug-likeness (QED) is 0.795. The van der Waals surface area contributed by atoms with Crippen molar-refractivity contribution in [3.8, 4) is 0 Å². The minimum absolute atomic E-state index is 0.0618. The van der Waals surface area contributed by atoms with Crippen molar-refractivity contribution in [3.63, 3.8) is 0 Å². The standard InChI is InChI=1S/C12H18OS/c1-9-4-5-12(13)10(7-9)8-11-3-2-6-14-11/h2-3,6,9-10,12-13H,4-5,7-8H2,1H3. The van der Waals surface area contributed by atoms with Crippen LogP contribution < -0.4 is 0 Å². The summed E-state index contributed by atoms with van der Waals surface area (Å²) < 4.78 is 0. The maximum atomic E-state index is 9.89. The molecule has 0 aliphatic heterocycles. The SMILES string of the molecule is CC1CCC(O)C(Cc2cccs2)C1. The molecule has 1 aromatic heterocycles. The van der Waals surface area contributed by atoms with Crippen LogP contribution in [0.25, 0.3) is 0 Å². The van der Waals surface area contributed by atoms with Gasteiger partial charge in [-0.25, -0.2) is 0 Å². The second-order valence-electron chi connectivity index (χ2n) is 4.53. The second-order valence-corrected chi connectivity index (χ2v) is 5.56. The lowest BCUT2D eigenvalue weighted by molar-refractivity contribution is 0.0523. The van der Waals surface area contributed by atoms with Crippen LogP contribution in [0.15, 0.2) is 17.5 Å². The fourth-order valence-corrected chi connectivity index (χ4v) is 3.19. The zero-order valence-corrected chi connectivity index (χ0v) is 9.46. The Morgan fingerprint density at radius 1 is 1.50 bits per heavy atom. The lowest BCUT2D eigenvalue weighted by Crippen LogP contribution is -2.29. The molecule has 78 valence electrons. The van der Waals surface area contributed by atoms with Gasteiger partial charge in [0.15, 0.2) is 0 Å². The van der Waals surface area contributed by atoms with Crippen molar-refractivity contribution in [1.29, 1.82) is 0 Å². The highest BCUT2D eigenvalue weighted by molar-refractivity contribution is 7.09. The van der Waals surface area contributed by atoms with Gasteiger partial charge in [0.2, 0.25) is 0 Å². The number of hydrogen-bond acceptors (Lipinski definition) is 2. The summed E-state index contributed by atoms with van der Waals surface area (Å²) in [6.45, 7) is 2.30. The number of thiophene rings is 1. The highest BCUT2D eigenvalue weighted by Crippen LogP contribution is 2.32. The molecule has 2 rings (SSSR count). The van der Waals surface area contributed by atoms with Gasteiger partial charge in [0, 0.05) is 4.88 Å². The molecule has 0 amide bonds. The van der Waals surface area contributed by atoms with E-state index in [4.69, 9.17) is 0 Å². The van der Waals surface area contributed by atoms with Crippen molar-refractivity contribution in [3.05, 3.63) is 22.4 Å². The molecule has 0 bridgehead atoms. The fraction of sp³-hybridized carbons (Fsp3) is 0.667. The first-order valence-corrected chi connectivity index (χ1v) is 6.34. The van der Waals surface area contributed by atoms with E-state index in [0.717, 1.165) is 18.8 Å². The number of rotatable bonds is 2. The summed E-state index contributed by atoms with van der Waals surface area (Å²) >= 11 is 1.81. The summed E-state index contributed by atoms with van der Waals surface area (Å²) in [5.41, 5.74) is 0. The molecule has 2 heteroatoms. The molecule has 14 heavy (non-hydrogen) atoms. The van der Waals surface area contributed by atoms with E-state index in [1.165, 1.54) is 17.7 Å². The molecule has 0 radical (unpaired) electrons. The van der Waals surface area contributed by atoms with Crippen LogP contribution in [-0.2, 0) is 6.42 Å². The van der Waals surface area contributed by atoms with Crippen LogP contribution in [0.1, 0.15) is 31.1 Å². The van der Waals surface area contributed by atoms with Gasteiger partial charge in [0.25, 0.3) is 0 Å². The molecule has 0 aromatic carbocycles. The van der Waals surface area contributed by atoms with E-state index >= 15 is 0 Å². The average Bonchev–Trinajstić information content (AvgIpc) is 2.64. The summed E-state index contributed by atoms with van der Waals surface area (Å²) in [6, 6.07) is 4.27. The van der Waals surface area contributed by atoms with Crippen LogP contribution in [-0.4, -0.2) is 11.2 Å². The average molecular weight is 210 g/mol. The summed E-state index contributed by atoms with van der Waals surface area (Å²) in [5.74, 6) is 1.29. The lowest BCUT2D eigenvalue weighted by atomic mass is 9.78. The highest BCUT2D eigenvalue weighted by atomic mass is 32.1. The number of aliphatic hydroxyl groups excluding tert-OH is 1. The lowest BCUT2D eigenvalue weighted by Gasteiger charge is -2.31. The van der Waals surface area contributed by atoms with Crippen molar-refractivity contribution in [2.45, 2.75) is 38.7 Å². The molecular formula is C12H18OS. The second kappa shape index (κ2) is 4.45. The van der Waals surface area contributed by atoms with Gasteiger partial charge in [0.1, 0.15) is 0 Å². The molecule has 0 saturated heterocycles. The Hall–Kier alpha value is -0.340. The monoisotopic (exact) mass is 210 g/mol. The van der Waals surface area contributed by atoms with Gasteiger partial charge in [-0.2, -0.15) is 0 Å². The van der Waals surface area contributed by atoms with Gasteiger partial charge < -0.3 is 5.11 Å². The minimum atomic E-state index is -0.0618. The molecule has 1 aliphatic carbocycles. The zero-order chi connectivity index (χ0) is 9.97. The Labute approximate surface area is 89.8 Å². The van der Waals surface area contributed by atoms with Gasteiger partial charge in [-0.05, 0) is 49.0 Å². The van der Waals surface area contributed by atoms with Crippen molar-refractivity contribution < 1.29 is 5.11 Å². The molecule has 3 atom stereocenters. The summed E-state index contributed by atoms with van der Waals surface area (Å²) in [7, 11) is 0. The molecule has 0 spiro atoms. The third-order valence-corrected chi connectivity index (χ3v) is 4.15. The molecule has 1 aliphatic rings. The summed E-state index contributed by atoms with van der Waals surface area (Å²) in [5, 5.41) is 12.0. The largest absolute Gasteiger partial charge is 0.393 e. The van der Waals surface area contributed by atoms with E-state index in [-0.39, 0.29) is 6.10 Å². The Morgan fingerprint density at radius 2 is 2.36 bits per heavy atom. The van der Waals surface area contributed by atoms with Gasteiger partial charge in [0.05, 0.1) is 6.10 Å². The smallest absolute Gasteiger partial charge is 0.0572 e. The zero-order valence-electron chi connectivity index (χ0n) is 8.65. The Bertz CT molecular complexity index is 268. The molecule has 1 N–H and O–H groups in total. The van der Waals surface area contributed by atoms with E-state index in [9.17, 15) is 5.11 Å². The summed E-state index contributed by atoms with van der Waals surface area (Å²) in [4.78, 5) is 1.42. The molecule has 3 unspecified atom stereocenters. The van der Waals surface area contributed by atoms with E-state index in [1.54, 1.807) is 0 Å². The van der Waals surface area contributed by atoms with Crippen molar-refractivity contribution in [2.24, 2.45) is 11.8 Å². The van der Waals surface area contributed by atoms with Crippen LogP contribution in [0.4, 0.5) is 0 Å². The first-order chi connectivity index (χ1) is 6.75. The van der Waals surface area contributed by atoms with Crippen molar-refractivity contribution in [1.82, 2.24) is 0 Å². The number of hydrogen-bond donors (Lipinski definition) is 1. The van der Waals surface area contributed by atoms with Crippen LogP contribution in [0.3, 0.4) is 0 Å². The van der Waals surface area contributed by atoms with Crippen LogP contribution in [0.2, 0.25) is 0 Å². The van der Waals surface area contributed by atoms with E-state index < -0.39 is 0 Å². The molecule has 1 aromatic rings. The maximum Gasteiger partial charge on any atom is 0.0572 e. The molecular weight excluding hydrogens is 192 g/mol. The highest BCUT2D eigenvalue weighted by Gasteiger charge is 2.27. The molecule has 1 heterocycles.